The number of rotatable bonds is 9. The van der Waals surface area contributed by atoms with Gasteiger partial charge in [0.05, 0.1) is 19.1 Å². The second kappa shape index (κ2) is 11.5. The highest BCUT2D eigenvalue weighted by Crippen LogP contribution is 2.31. The van der Waals surface area contributed by atoms with E-state index in [9.17, 15) is 13.2 Å². The van der Waals surface area contributed by atoms with E-state index in [1.165, 1.54) is 30.7 Å². The molecule has 1 aliphatic heterocycles. The van der Waals surface area contributed by atoms with Gasteiger partial charge in [-0.25, -0.2) is 8.42 Å². The third-order valence-corrected chi connectivity index (χ3v) is 6.61. The maximum Gasteiger partial charge on any atom is 0.243 e. The van der Waals surface area contributed by atoms with Crippen LogP contribution in [0.2, 0.25) is 0 Å². The van der Waals surface area contributed by atoms with Gasteiger partial charge in [0.15, 0.2) is 11.5 Å². The van der Waals surface area contributed by atoms with E-state index < -0.39 is 10.0 Å². The first-order valence-corrected chi connectivity index (χ1v) is 10.5. The molecule has 0 atom stereocenters. The predicted molar refractivity (Wildman–Crippen MR) is 110 cm³/mol. The first-order valence-electron chi connectivity index (χ1n) is 9.08. The minimum atomic E-state index is -3.64. The van der Waals surface area contributed by atoms with Crippen LogP contribution in [0.5, 0.6) is 11.5 Å². The predicted octanol–water partition coefficient (Wildman–Crippen LogP) is 1.25. The highest BCUT2D eigenvalue weighted by molar-refractivity contribution is 7.89. The quantitative estimate of drug-likeness (QED) is 0.567. The second-order valence-electron chi connectivity index (χ2n) is 6.44. The van der Waals surface area contributed by atoms with Crippen molar-refractivity contribution < 1.29 is 22.7 Å². The van der Waals surface area contributed by atoms with Crippen LogP contribution >= 0.6 is 12.4 Å². The molecule has 1 fully saturated rings. The molecule has 160 valence electrons. The van der Waals surface area contributed by atoms with Gasteiger partial charge in [0.1, 0.15) is 0 Å². The van der Waals surface area contributed by atoms with Crippen LogP contribution in [0.1, 0.15) is 19.3 Å². The molecule has 1 heterocycles. The molecule has 1 saturated heterocycles. The largest absolute Gasteiger partial charge is 0.493 e. The molecule has 1 aliphatic rings. The third-order valence-electron chi connectivity index (χ3n) is 4.72. The van der Waals surface area contributed by atoms with Crippen LogP contribution in [0.3, 0.4) is 0 Å². The number of hydrogen-bond donors (Lipinski definition) is 2. The topological polar surface area (TPSA) is 97.0 Å². The van der Waals surface area contributed by atoms with E-state index in [-0.39, 0.29) is 29.1 Å². The number of ether oxygens (including phenoxy) is 2. The molecule has 1 aromatic rings. The zero-order valence-electron chi connectivity index (χ0n) is 16.6. The van der Waals surface area contributed by atoms with E-state index in [2.05, 4.69) is 10.6 Å². The number of piperidine rings is 1. The smallest absolute Gasteiger partial charge is 0.243 e. The summed E-state index contributed by atoms with van der Waals surface area (Å²) in [6, 6.07) is 4.56. The number of nitrogens with zero attached hydrogens (tertiary/aromatic N) is 1. The molecule has 0 unspecified atom stereocenters. The maximum absolute atomic E-state index is 12.9. The van der Waals surface area contributed by atoms with Crippen molar-refractivity contribution in [1.82, 2.24) is 14.9 Å². The van der Waals surface area contributed by atoms with Crippen molar-refractivity contribution in [3.63, 3.8) is 0 Å². The van der Waals surface area contributed by atoms with Gasteiger partial charge in [0.2, 0.25) is 15.9 Å². The van der Waals surface area contributed by atoms with Crippen LogP contribution in [0.15, 0.2) is 23.1 Å². The fraction of sp³-hybridized carbons (Fsp3) is 0.611. The Morgan fingerprint density at radius 1 is 1.14 bits per heavy atom. The zero-order chi connectivity index (χ0) is 19.9. The summed E-state index contributed by atoms with van der Waals surface area (Å²) in [7, 11) is 1.20. The highest BCUT2D eigenvalue weighted by atomic mass is 35.5. The lowest BCUT2D eigenvalue weighted by molar-refractivity contribution is -0.126. The Morgan fingerprint density at radius 3 is 2.36 bits per heavy atom. The molecule has 1 amide bonds. The summed E-state index contributed by atoms with van der Waals surface area (Å²) in [5.41, 5.74) is 0. The van der Waals surface area contributed by atoms with Crippen molar-refractivity contribution in [3.8, 4) is 11.5 Å². The monoisotopic (exact) mass is 435 g/mol. The number of nitrogens with one attached hydrogen (secondary N) is 2. The van der Waals surface area contributed by atoms with Crippen LogP contribution in [0.25, 0.3) is 0 Å². The first-order chi connectivity index (χ1) is 12.9. The molecule has 10 heteroatoms. The fourth-order valence-electron chi connectivity index (χ4n) is 3.11. The Balaban J connectivity index is 0.00000392. The molecular weight excluding hydrogens is 406 g/mol. The molecule has 0 radical (unpaired) electrons. The summed E-state index contributed by atoms with van der Waals surface area (Å²) in [4.78, 5) is 12.4. The van der Waals surface area contributed by atoms with Gasteiger partial charge in [0, 0.05) is 31.6 Å². The van der Waals surface area contributed by atoms with Crippen molar-refractivity contribution in [1.29, 1.82) is 0 Å². The Labute approximate surface area is 173 Å². The number of hydrogen-bond acceptors (Lipinski definition) is 6. The number of sulfonamides is 1. The van der Waals surface area contributed by atoms with Crippen LogP contribution in [-0.4, -0.2) is 66.1 Å². The van der Waals surface area contributed by atoms with Gasteiger partial charge < -0.3 is 20.1 Å². The van der Waals surface area contributed by atoms with Crippen molar-refractivity contribution in [2.75, 3.05) is 47.4 Å². The van der Waals surface area contributed by atoms with Gasteiger partial charge in [0.25, 0.3) is 0 Å². The van der Waals surface area contributed by atoms with Gasteiger partial charge in [-0.05, 0) is 45.0 Å². The van der Waals surface area contributed by atoms with Crippen molar-refractivity contribution in [2.24, 2.45) is 5.92 Å². The van der Waals surface area contributed by atoms with E-state index in [4.69, 9.17) is 9.47 Å². The highest BCUT2D eigenvalue weighted by Gasteiger charge is 2.32. The first kappa shape index (κ1) is 24.5. The number of carbonyl (C=O) groups excluding carboxylic acids is 1. The minimum Gasteiger partial charge on any atom is -0.493 e. The minimum absolute atomic E-state index is 0. The lowest BCUT2D eigenvalue weighted by atomic mass is 9.97. The lowest BCUT2D eigenvalue weighted by Gasteiger charge is -2.30. The Kier molecular flexibility index (Phi) is 10.0. The lowest BCUT2D eigenvalue weighted by Crippen LogP contribution is -2.43. The van der Waals surface area contributed by atoms with Gasteiger partial charge in [-0.1, -0.05) is 0 Å². The molecule has 28 heavy (non-hydrogen) atoms. The molecule has 0 bridgehead atoms. The summed E-state index contributed by atoms with van der Waals surface area (Å²) in [5.74, 6) is 0.713. The summed E-state index contributed by atoms with van der Waals surface area (Å²) >= 11 is 0. The molecule has 0 aliphatic carbocycles. The number of halogens is 1. The number of benzene rings is 1. The summed E-state index contributed by atoms with van der Waals surface area (Å²) in [6.07, 6.45) is 1.91. The SMILES string of the molecule is CNCCCNC(=O)C1CCN(S(=O)(=O)c2ccc(OC)c(OC)c2)CC1.Cl. The summed E-state index contributed by atoms with van der Waals surface area (Å²) in [6.45, 7) is 2.13. The van der Waals surface area contributed by atoms with E-state index in [0.29, 0.717) is 44.0 Å². The molecule has 8 nitrogen and oxygen atoms in total. The van der Waals surface area contributed by atoms with E-state index in [1.54, 1.807) is 6.07 Å². The van der Waals surface area contributed by atoms with Crippen molar-refractivity contribution >= 4 is 28.3 Å². The number of methoxy groups -OCH3 is 2. The van der Waals surface area contributed by atoms with Crippen molar-refractivity contribution in [3.05, 3.63) is 18.2 Å². The molecule has 0 spiro atoms. The molecule has 1 aromatic carbocycles. The summed E-state index contributed by atoms with van der Waals surface area (Å²) in [5, 5.41) is 5.96. The van der Waals surface area contributed by atoms with Crippen LogP contribution in [0, 0.1) is 5.92 Å². The maximum atomic E-state index is 12.9. The van der Waals surface area contributed by atoms with Gasteiger partial charge in [-0.15, -0.1) is 12.4 Å². The second-order valence-corrected chi connectivity index (χ2v) is 8.38. The van der Waals surface area contributed by atoms with Gasteiger partial charge in [-0.3, -0.25) is 4.79 Å². The molecule has 0 aromatic heterocycles. The normalized spacial score (nSPS) is 15.5. The van der Waals surface area contributed by atoms with E-state index in [1.807, 2.05) is 7.05 Å². The average Bonchev–Trinajstić information content (AvgIpc) is 2.70. The molecule has 0 saturated carbocycles. The van der Waals surface area contributed by atoms with Crippen molar-refractivity contribution in [2.45, 2.75) is 24.2 Å². The molecular formula is C18H30ClN3O5S. The Hall–Kier alpha value is -1.55. The average molecular weight is 436 g/mol. The number of amides is 1. The van der Waals surface area contributed by atoms with Crippen LogP contribution in [0.4, 0.5) is 0 Å². The van der Waals surface area contributed by atoms with E-state index in [0.717, 1.165) is 13.0 Å². The van der Waals surface area contributed by atoms with Crippen LogP contribution < -0.4 is 20.1 Å². The zero-order valence-corrected chi connectivity index (χ0v) is 18.2. The standard InChI is InChI=1S/C18H29N3O5S.ClH/c1-19-9-4-10-20-18(22)14-7-11-21(12-8-14)27(23,24)15-5-6-16(25-2)17(13-15)26-3;/h5-6,13-14,19H,4,7-12H2,1-3H3,(H,20,22);1H. The van der Waals surface area contributed by atoms with E-state index >= 15 is 0 Å². The molecule has 2 N–H and O–H groups in total. The molecule has 2 rings (SSSR count). The third kappa shape index (κ3) is 5.97. The van der Waals surface area contributed by atoms with Crippen LogP contribution in [-0.2, 0) is 14.8 Å². The Morgan fingerprint density at radius 2 is 1.79 bits per heavy atom. The Bertz CT molecular complexity index is 737. The van der Waals surface area contributed by atoms with Gasteiger partial charge >= 0.3 is 0 Å². The van der Waals surface area contributed by atoms with Gasteiger partial charge in [-0.2, -0.15) is 4.31 Å². The summed E-state index contributed by atoms with van der Waals surface area (Å²) < 4.78 is 37.6. The fourth-order valence-corrected chi connectivity index (χ4v) is 4.59. The number of carbonyl (C=O) groups is 1.